The molecule has 1 amide bonds. The topological polar surface area (TPSA) is 46.2 Å². The highest BCUT2D eigenvalue weighted by atomic mass is 16.1. The number of hydrogen-bond donors (Lipinski definition) is 1. The summed E-state index contributed by atoms with van der Waals surface area (Å²) in [5, 5.41) is 2.88. The fourth-order valence-corrected chi connectivity index (χ4v) is 2.61. The van der Waals surface area contributed by atoms with Gasteiger partial charge in [0, 0.05) is 24.1 Å². The van der Waals surface area contributed by atoms with Gasteiger partial charge in [0.15, 0.2) is 5.78 Å². The lowest BCUT2D eigenvalue weighted by Crippen LogP contribution is -2.22. The summed E-state index contributed by atoms with van der Waals surface area (Å²) in [7, 11) is 0. The smallest absolute Gasteiger partial charge is 0.251 e. The molecule has 3 nitrogen and oxygen atoms in total. The quantitative estimate of drug-likeness (QED) is 0.636. The number of fused-ring (bicyclic) bond motifs is 1. The van der Waals surface area contributed by atoms with Crippen molar-refractivity contribution in [3.8, 4) is 0 Å². The highest BCUT2D eigenvalue weighted by molar-refractivity contribution is 6.01. The van der Waals surface area contributed by atoms with Gasteiger partial charge in [-0.15, -0.1) is 0 Å². The van der Waals surface area contributed by atoms with Gasteiger partial charge in [0.1, 0.15) is 0 Å². The molecule has 0 saturated carbocycles. The Balaban J connectivity index is 2.06. The fourth-order valence-electron chi connectivity index (χ4n) is 2.61. The van der Waals surface area contributed by atoms with Gasteiger partial charge in [0.2, 0.25) is 0 Å². The zero-order valence-corrected chi connectivity index (χ0v) is 12.2. The van der Waals surface area contributed by atoms with Crippen molar-refractivity contribution in [2.45, 2.75) is 51.9 Å². The molecule has 0 radical (unpaired) electrons. The molecule has 1 N–H and O–H groups in total. The molecular formula is C17H23NO2. The molecule has 1 aliphatic heterocycles. The van der Waals surface area contributed by atoms with Gasteiger partial charge in [0.25, 0.3) is 5.91 Å². The number of carbonyl (C=O) groups is 2. The van der Waals surface area contributed by atoms with Crippen molar-refractivity contribution >= 4 is 11.7 Å². The van der Waals surface area contributed by atoms with Gasteiger partial charge in [-0.1, -0.05) is 38.3 Å². The van der Waals surface area contributed by atoms with E-state index in [1.54, 1.807) is 6.07 Å². The third-order valence-corrected chi connectivity index (χ3v) is 3.84. The average molecular weight is 273 g/mol. The van der Waals surface area contributed by atoms with Crippen LogP contribution in [0.5, 0.6) is 0 Å². The number of ketones is 1. The summed E-state index contributed by atoms with van der Waals surface area (Å²) < 4.78 is 0. The number of benzene rings is 1. The van der Waals surface area contributed by atoms with Crippen LogP contribution in [0, 0.1) is 0 Å². The van der Waals surface area contributed by atoms with Crippen LogP contribution in [0.3, 0.4) is 0 Å². The van der Waals surface area contributed by atoms with Gasteiger partial charge in [-0.2, -0.15) is 0 Å². The Bertz CT molecular complexity index is 494. The summed E-state index contributed by atoms with van der Waals surface area (Å²) in [6.07, 6.45) is 6.85. The van der Waals surface area contributed by atoms with E-state index < -0.39 is 0 Å². The van der Waals surface area contributed by atoms with Crippen molar-refractivity contribution in [1.82, 2.24) is 5.32 Å². The Morgan fingerprint density at radius 2 is 2.10 bits per heavy atom. The molecule has 0 spiro atoms. The maximum absolute atomic E-state index is 12.2. The Kier molecular flexibility index (Phi) is 5.33. The molecule has 3 heteroatoms. The number of hydrogen-bond acceptors (Lipinski definition) is 2. The summed E-state index contributed by atoms with van der Waals surface area (Å²) >= 11 is 0. The molecule has 1 aromatic rings. The Morgan fingerprint density at radius 3 is 2.90 bits per heavy atom. The van der Waals surface area contributed by atoms with Gasteiger partial charge < -0.3 is 5.32 Å². The van der Waals surface area contributed by atoms with Gasteiger partial charge in [0.05, 0.1) is 0 Å². The first kappa shape index (κ1) is 14.8. The van der Waals surface area contributed by atoms with Crippen LogP contribution >= 0.6 is 0 Å². The maximum Gasteiger partial charge on any atom is 0.251 e. The fraction of sp³-hybridized carbons (Fsp3) is 0.529. The molecular weight excluding hydrogens is 250 g/mol. The summed E-state index contributed by atoms with van der Waals surface area (Å²) in [6, 6.07) is 5.59. The second kappa shape index (κ2) is 7.22. The van der Waals surface area contributed by atoms with Crippen molar-refractivity contribution < 1.29 is 9.59 Å². The Hall–Kier alpha value is -1.64. The van der Waals surface area contributed by atoms with Gasteiger partial charge in [-0.05, 0) is 30.9 Å². The molecule has 0 atom stereocenters. The number of Topliss-reactive ketones (excluding diaryl/α,β-unsaturated/α-hetero) is 1. The van der Waals surface area contributed by atoms with Crippen molar-refractivity contribution in [2.75, 3.05) is 6.54 Å². The van der Waals surface area contributed by atoms with E-state index in [0.29, 0.717) is 24.1 Å². The Morgan fingerprint density at radius 1 is 1.25 bits per heavy atom. The Labute approximate surface area is 120 Å². The summed E-state index contributed by atoms with van der Waals surface area (Å²) in [4.78, 5) is 24.1. The summed E-state index contributed by atoms with van der Waals surface area (Å²) in [6.45, 7) is 2.88. The van der Waals surface area contributed by atoms with Crippen LogP contribution < -0.4 is 5.32 Å². The third kappa shape index (κ3) is 3.69. The molecule has 20 heavy (non-hydrogen) atoms. The lowest BCUT2D eigenvalue weighted by atomic mass is 9.97. The van der Waals surface area contributed by atoms with E-state index in [1.165, 1.54) is 12.8 Å². The molecule has 0 aliphatic carbocycles. The number of unbranched alkanes of at least 4 members (excludes halogenated alkanes) is 3. The first-order valence-electron chi connectivity index (χ1n) is 7.66. The molecule has 108 valence electrons. The van der Waals surface area contributed by atoms with Gasteiger partial charge in [-0.3, -0.25) is 9.59 Å². The molecule has 2 rings (SSSR count). The van der Waals surface area contributed by atoms with Crippen LogP contribution in [0.2, 0.25) is 0 Å². The molecule has 0 unspecified atom stereocenters. The third-order valence-electron chi connectivity index (χ3n) is 3.84. The monoisotopic (exact) mass is 273 g/mol. The van der Waals surface area contributed by atoms with E-state index in [-0.39, 0.29) is 11.7 Å². The first-order chi connectivity index (χ1) is 9.72. The van der Waals surface area contributed by atoms with E-state index in [1.807, 2.05) is 12.1 Å². The number of rotatable bonds is 6. The molecule has 0 bridgehead atoms. The second-order valence-corrected chi connectivity index (χ2v) is 5.47. The zero-order chi connectivity index (χ0) is 14.4. The SMILES string of the molecule is CCCCCCC(=O)c1ccc2c(c1)C(=O)NCCC2. The van der Waals surface area contributed by atoms with E-state index in [4.69, 9.17) is 0 Å². The maximum atomic E-state index is 12.2. The van der Waals surface area contributed by atoms with E-state index in [0.717, 1.165) is 31.2 Å². The molecule has 0 saturated heterocycles. The number of amides is 1. The first-order valence-corrected chi connectivity index (χ1v) is 7.66. The number of aryl methyl sites for hydroxylation is 1. The van der Waals surface area contributed by atoms with Crippen molar-refractivity contribution in [3.63, 3.8) is 0 Å². The van der Waals surface area contributed by atoms with Crippen LogP contribution in [-0.4, -0.2) is 18.2 Å². The minimum Gasteiger partial charge on any atom is -0.352 e. The predicted molar refractivity (Wildman–Crippen MR) is 80.2 cm³/mol. The zero-order valence-electron chi connectivity index (χ0n) is 12.2. The molecule has 1 aromatic carbocycles. The normalized spacial score (nSPS) is 14.3. The van der Waals surface area contributed by atoms with Crippen molar-refractivity contribution in [2.24, 2.45) is 0 Å². The highest BCUT2D eigenvalue weighted by Crippen LogP contribution is 2.18. The van der Waals surface area contributed by atoms with Gasteiger partial charge >= 0.3 is 0 Å². The molecule has 1 aliphatic rings. The summed E-state index contributed by atoms with van der Waals surface area (Å²) in [5.74, 6) is 0.110. The lowest BCUT2D eigenvalue weighted by molar-refractivity contribution is 0.0956. The largest absolute Gasteiger partial charge is 0.352 e. The standard InChI is InChI=1S/C17H23NO2/c1-2-3-4-5-8-16(19)14-10-9-13-7-6-11-18-17(20)15(13)12-14/h9-10,12H,2-8,11H2,1H3,(H,18,20). The van der Waals surface area contributed by atoms with Gasteiger partial charge in [-0.25, -0.2) is 0 Å². The van der Waals surface area contributed by atoms with Crippen molar-refractivity contribution in [3.05, 3.63) is 34.9 Å². The number of nitrogens with one attached hydrogen (secondary N) is 1. The minimum absolute atomic E-state index is 0.0434. The number of carbonyl (C=O) groups excluding carboxylic acids is 2. The predicted octanol–water partition coefficient (Wildman–Crippen LogP) is 3.52. The summed E-state index contributed by atoms with van der Waals surface area (Å²) in [5.41, 5.74) is 2.42. The minimum atomic E-state index is -0.0434. The second-order valence-electron chi connectivity index (χ2n) is 5.47. The van der Waals surface area contributed by atoms with E-state index >= 15 is 0 Å². The van der Waals surface area contributed by atoms with Crippen LogP contribution in [0.15, 0.2) is 18.2 Å². The lowest BCUT2D eigenvalue weighted by Gasteiger charge is -2.07. The van der Waals surface area contributed by atoms with Crippen LogP contribution in [0.4, 0.5) is 0 Å². The van der Waals surface area contributed by atoms with E-state index in [9.17, 15) is 9.59 Å². The molecule has 1 heterocycles. The van der Waals surface area contributed by atoms with Crippen molar-refractivity contribution in [1.29, 1.82) is 0 Å². The average Bonchev–Trinajstić information content (AvgIpc) is 2.65. The van der Waals surface area contributed by atoms with E-state index in [2.05, 4.69) is 12.2 Å². The molecule has 0 fully saturated rings. The van der Waals surface area contributed by atoms with Crippen LogP contribution in [-0.2, 0) is 6.42 Å². The van der Waals surface area contributed by atoms with Crippen LogP contribution in [0.1, 0.15) is 71.7 Å². The highest BCUT2D eigenvalue weighted by Gasteiger charge is 2.17. The van der Waals surface area contributed by atoms with Crippen LogP contribution in [0.25, 0.3) is 0 Å². The molecule has 0 aromatic heterocycles.